The van der Waals surface area contributed by atoms with Crippen LogP contribution in [0.3, 0.4) is 0 Å². The SMILES string of the molecule is C[C@@H]1C[C@@H](c2ccccc2)/C(=C/[Si](c2ccccc2)(c2ccccc2)C(C)(C)C)C[C@H]1O. The number of benzene rings is 3. The first-order valence-electron chi connectivity index (χ1n) is 11.9. The topological polar surface area (TPSA) is 20.2 Å². The zero-order chi connectivity index (χ0) is 22.8. The van der Waals surface area contributed by atoms with E-state index in [0.29, 0.717) is 11.8 Å². The van der Waals surface area contributed by atoms with Crippen LogP contribution in [-0.2, 0) is 0 Å². The van der Waals surface area contributed by atoms with Crippen LogP contribution in [0.15, 0.2) is 102 Å². The minimum Gasteiger partial charge on any atom is -0.393 e. The molecule has 1 N–H and O–H groups in total. The van der Waals surface area contributed by atoms with E-state index in [1.165, 1.54) is 21.5 Å². The van der Waals surface area contributed by atoms with E-state index in [9.17, 15) is 5.11 Å². The Morgan fingerprint density at radius 1 is 0.781 bits per heavy atom. The van der Waals surface area contributed by atoms with Gasteiger partial charge in [-0.2, -0.15) is 0 Å². The lowest BCUT2D eigenvalue weighted by Gasteiger charge is -2.44. The predicted molar refractivity (Wildman–Crippen MR) is 139 cm³/mol. The van der Waals surface area contributed by atoms with Crippen molar-refractivity contribution in [2.45, 2.75) is 57.6 Å². The first kappa shape index (κ1) is 22.8. The van der Waals surface area contributed by atoms with E-state index in [0.717, 1.165) is 12.8 Å². The van der Waals surface area contributed by atoms with Crippen molar-refractivity contribution in [2.24, 2.45) is 5.92 Å². The van der Waals surface area contributed by atoms with Crippen molar-refractivity contribution in [3.05, 3.63) is 108 Å². The van der Waals surface area contributed by atoms with E-state index in [1.807, 2.05) is 0 Å². The largest absolute Gasteiger partial charge is 0.393 e. The Labute approximate surface area is 194 Å². The van der Waals surface area contributed by atoms with E-state index in [2.05, 4.69) is 124 Å². The summed E-state index contributed by atoms with van der Waals surface area (Å²) < 4.78 is 0. The zero-order valence-electron chi connectivity index (χ0n) is 19.8. The van der Waals surface area contributed by atoms with Crippen molar-refractivity contribution in [3.63, 3.8) is 0 Å². The van der Waals surface area contributed by atoms with Gasteiger partial charge >= 0.3 is 0 Å². The average Bonchev–Trinajstić information content (AvgIpc) is 2.80. The van der Waals surface area contributed by atoms with Crippen LogP contribution in [0.25, 0.3) is 0 Å². The second-order valence-corrected chi connectivity index (χ2v) is 15.0. The molecule has 0 radical (unpaired) electrons. The fraction of sp³-hybridized carbons (Fsp3) is 0.333. The van der Waals surface area contributed by atoms with Crippen LogP contribution < -0.4 is 10.4 Å². The summed E-state index contributed by atoms with van der Waals surface area (Å²) >= 11 is 0. The molecule has 32 heavy (non-hydrogen) atoms. The van der Waals surface area contributed by atoms with Gasteiger partial charge in [-0.05, 0) is 39.7 Å². The summed E-state index contributed by atoms with van der Waals surface area (Å²) in [7, 11) is -2.34. The van der Waals surface area contributed by atoms with E-state index >= 15 is 0 Å². The highest BCUT2D eigenvalue weighted by Crippen LogP contribution is 2.44. The van der Waals surface area contributed by atoms with Gasteiger partial charge in [0, 0.05) is 5.92 Å². The Kier molecular flexibility index (Phi) is 6.55. The van der Waals surface area contributed by atoms with Crippen molar-refractivity contribution in [1.82, 2.24) is 0 Å². The number of hydrogen-bond acceptors (Lipinski definition) is 1. The molecule has 1 aliphatic rings. The van der Waals surface area contributed by atoms with Gasteiger partial charge < -0.3 is 5.11 Å². The summed E-state index contributed by atoms with van der Waals surface area (Å²) in [6.07, 6.45) is 1.47. The summed E-state index contributed by atoms with van der Waals surface area (Å²) in [5.41, 5.74) is 5.44. The summed E-state index contributed by atoms with van der Waals surface area (Å²) in [5.74, 6) is 0.660. The standard InChI is InChI=1S/C30H36OSi/c1-23-20-28(24-14-8-5-9-15-24)25(21-29(23)31)22-32(30(2,3)4,26-16-10-6-11-17-26)27-18-12-7-13-19-27/h5-19,22-23,28-29,31H,20-21H2,1-4H3/b25-22+/t23-,28+,29-/m1/s1. The van der Waals surface area contributed by atoms with Crippen LogP contribution >= 0.6 is 0 Å². The molecule has 1 nitrogen and oxygen atoms in total. The summed E-state index contributed by atoms with van der Waals surface area (Å²) in [6, 6.07) is 33.1. The predicted octanol–water partition coefficient (Wildman–Crippen LogP) is 6.09. The van der Waals surface area contributed by atoms with Crippen molar-refractivity contribution < 1.29 is 5.11 Å². The van der Waals surface area contributed by atoms with Crippen LogP contribution in [0.5, 0.6) is 0 Å². The molecule has 166 valence electrons. The van der Waals surface area contributed by atoms with Gasteiger partial charge in [0.1, 0.15) is 8.07 Å². The maximum Gasteiger partial charge on any atom is 0.146 e. The minimum atomic E-state index is -2.34. The molecular formula is C30H36OSi. The highest BCUT2D eigenvalue weighted by atomic mass is 28.3. The van der Waals surface area contributed by atoms with Crippen molar-refractivity contribution in [2.75, 3.05) is 0 Å². The fourth-order valence-corrected chi connectivity index (χ4v) is 10.7. The quantitative estimate of drug-likeness (QED) is 0.487. The van der Waals surface area contributed by atoms with Gasteiger partial charge in [0.05, 0.1) is 6.10 Å². The van der Waals surface area contributed by atoms with E-state index in [-0.39, 0.29) is 11.1 Å². The van der Waals surface area contributed by atoms with Gasteiger partial charge in [0.2, 0.25) is 0 Å². The molecule has 0 saturated heterocycles. The summed E-state index contributed by atoms with van der Waals surface area (Å²) in [5, 5.41) is 13.9. The van der Waals surface area contributed by atoms with Gasteiger partial charge in [-0.25, -0.2) is 0 Å². The molecule has 0 amide bonds. The van der Waals surface area contributed by atoms with Crippen LogP contribution in [0.2, 0.25) is 5.04 Å². The van der Waals surface area contributed by atoms with Crippen LogP contribution in [-0.4, -0.2) is 19.3 Å². The van der Waals surface area contributed by atoms with Gasteiger partial charge in [0.15, 0.2) is 0 Å². The fourth-order valence-electron chi connectivity index (χ4n) is 5.56. The van der Waals surface area contributed by atoms with Crippen molar-refractivity contribution >= 4 is 18.4 Å². The Balaban J connectivity index is 1.98. The normalized spacial score (nSPS) is 23.3. The Bertz CT molecular complexity index is 995. The monoisotopic (exact) mass is 440 g/mol. The average molecular weight is 441 g/mol. The molecule has 2 heteroatoms. The molecule has 0 spiro atoms. The second kappa shape index (κ2) is 9.21. The molecule has 4 rings (SSSR count). The molecule has 1 aliphatic carbocycles. The molecule has 3 atom stereocenters. The first-order chi connectivity index (χ1) is 15.3. The molecule has 0 bridgehead atoms. The molecule has 1 saturated carbocycles. The van der Waals surface area contributed by atoms with Crippen LogP contribution in [0.1, 0.15) is 52.0 Å². The third kappa shape index (κ3) is 4.27. The number of aliphatic hydroxyl groups is 1. The summed E-state index contributed by atoms with van der Waals surface area (Å²) in [6.45, 7) is 9.39. The van der Waals surface area contributed by atoms with Gasteiger partial charge in [-0.3, -0.25) is 0 Å². The highest BCUT2D eigenvalue weighted by molar-refractivity contribution is 7.07. The molecular weight excluding hydrogens is 404 g/mol. The third-order valence-electron chi connectivity index (χ3n) is 7.40. The Morgan fingerprint density at radius 2 is 1.25 bits per heavy atom. The van der Waals surface area contributed by atoms with Gasteiger partial charge in [-0.1, -0.05) is 130 Å². The third-order valence-corrected chi connectivity index (χ3v) is 13.1. The number of rotatable bonds is 4. The van der Waals surface area contributed by atoms with Crippen molar-refractivity contribution in [3.8, 4) is 0 Å². The zero-order valence-corrected chi connectivity index (χ0v) is 20.8. The second-order valence-electron chi connectivity index (χ2n) is 10.5. The number of hydrogen-bond donors (Lipinski definition) is 1. The molecule has 3 aromatic carbocycles. The number of aliphatic hydroxyl groups excluding tert-OH is 1. The Hall–Kier alpha value is -2.42. The smallest absolute Gasteiger partial charge is 0.146 e. The molecule has 0 aliphatic heterocycles. The molecule has 0 aromatic heterocycles. The minimum absolute atomic E-state index is 0.0674. The molecule has 1 fully saturated rings. The summed E-state index contributed by atoms with van der Waals surface area (Å²) in [4.78, 5) is 0. The van der Waals surface area contributed by atoms with Gasteiger partial charge in [-0.15, -0.1) is 0 Å². The molecule has 0 heterocycles. The molecule has 0 unspecified atom stereocenters. The van der Waals surface area contributed by atoms with Crippen LogP contribution in [0, 0.1) is 5.92 Å². The van der Waals surface area contributed by atoms with Gasteiger partial charge in [0.25, 0.3) is 0 Å². The Morgan fingerprint density at radius 3 is 1.72 bits per heavy atom. The lowest BCUT2D eigenvalue weighted by molar-refractivity contribution is 0.0923. The lowest BCUT2D eigenvalue weighted by atomic mass is 9.74. The van der Waals surface area contributed by atoms with Crippen molar-refractivity contribution in [1.29, 1.82) is 0 Å². The highest BCUT2D eigenvalue weighted by Gasteiger charge is 2.47. The van der Waals surface area contributed by atoms with E-state index < -0.39 is 8.07 Å². The molecule has 3 aromatic rings. The van der Waals surface area contributed by atoms with Crippen LogP contribution in [0.4, 0.5) is 0 Å². The first-order valence-corrected chi connectivity index (χ1v) is 14.0. The lowest BCUT2D eigenvalue weighted by Crippen LogP contribution is -2.63. The van der Waals surface area contributed by atoms with E-state index in [4.69, 9.17) is 0 Å². The maximum absolute atomic E-state index is 10.9. The van der Waals surface area contributed by atoms with E-state index in [1.54, 1.807) is 0 Å². The maximum atomic E-state index is 10.9.